The SMILES string of the molecule is CC1(c2cccc(C#N)c2)NC(=O)N(CC(=O)N2CC(=O)Nc3ccccc32)C1=O. The second-order valence-corrected chi connectivity index (χ2v) is 7.18. The fourth-order valence-electron chi connectivity index (χ4n) is 3.61. The number of fused-ring (bicyclic) bond motifs is 1. The number of carbonyl (C=O) groups is 4. The number of nitrogens with one attached hydrogen (secondary N) is 2. The van der Waals surface area contributed by atoms with Crippen LogP contribution in [0.2, 0.25) is 0 Å². The van der Waals surface area contributed by atoms with E-state index in [1.165, 1.54) is 17.9 Å². The summed E-state index contributed by atoms with van der Waals surface area (Å²) >= 11 is 0. The average molecular weight is 403 g/mol. The monoisotopic (exact) mass is 403 g/mol. The molecule has 0 bridgehead atoms. The minimum absolute atomic E-state index is 0.207. The number of carbonyl (C=O) groups excluding carboxylic acids is 4. The van der Waals surface area contributed by atoms with E-state index in [1.54, 1.807) is 42.5 Å². The molecule has 2 aromatic rings. The van der Waals surface area contributed by atoms with Crippen LogP contribution >= 0.6 is 0 Å². The van der Waals surface area contributed by atoms with Gasteiger partial charge in [0, 0.05) is 0 Å². The molecule has 2 heterocycles. The van der Waals surface area contributed by atoms with E-state index in [4.69, 9.17) is 5.26 Å². The Labute approximate surface area is 171 Å². The number of nitriles is 1. The highest BCUT2D eigenvalue weighted by atomic mass is 16.2. The highest BCUT2D eigenvalue weighted by molar-refractivity contribution is 6.14. The zero-order valence-corrected chi connectivity index (χ0v) is 16.0. The topological polar surface area (TPSA) is 123 Å². The Morgan fingerprint density at radius 1 is 1.17 bits per heavy atom. The van der Waals surface area contributed by atoms with Crippen molar-refractivity contribution < 1.29 is 19.2 Å². The third-order valence-corrected chi connectivity index (χ3v) is 5.21. The Balaban J connectivity index is 1.59. The molecule has 30 heavy (non-hydrogen) atoms. The average Bonchev–Trinajstić information content (AvgIpc) is 2.97. The molecular weight excluding hydrogens is 386 g/mol. The summed E-state index contributed by atoms with van der Waals surface area (Å²) in [5.74, 6) is -1.53. The third kappa shape index (κ3) is 3.04. The minimum atomic E-state index is -1.40. The lowest BCUT2D eigenvalue weighted by atomic mass is 9.91. The van der Waals surface area contributed by atoms with Gasteiger partial charge >= 0.3 is 6.03 Å². The van der Waals surface area contributed by atoms with Gasteiger partial charge in [0.05, 0.1) is 23.0 Å². The van der Waals surface area contributed by atoms with Crippen molar-refractivity contribution in [1.82, 2.24) is 10.2 Å². The fourth-order valence-corrected chi connectivity index (χ4v) is 3.61. The molecule has 9 nitrogen and oxygen atoms in total. The smallest absolute Gasteiger partial charge is 0.323 e. The van der Waals surface area contributed by atoms with Gasteiger partial charge in [-0.15, -0.1) is 0 Å². The van der Waals surface area contributed by atoms with Gasteiger partial charge in [-0.3, -0.25) is 24.2 Å². The summed E-state index contributed by atoms with van der Waals surface area (Å²) in [6.07, 6.45) is 0. The van der Waals surface area contributed by atoms with Crippen LogP contribution in [0.1, 0.15) is 18.1 Å². The van der Waals surface area contributed by atoms with Gasteiger partial charge in [0.25, 0.3) is 5.91 Å². The zero-order chi connectivity index (χ0) is 21.5. The quantitative estimate of drug-likeness (QED) is 0.748. The maximum atomic E-state index is 13.1. The summed E-state index contributed by atoms with van der Waals surface area (Å²) in [7, 11) is 0. The maximum absolute atomic E-state index is 13.1. The molecular formula is C21H17N5O4. The van der Waals surface area contributed by atoms with Gasteiger partial charge < -0.3 is 10.6 Å². The molecule has 150 valence electrons. The van der Waals surface area contributed by atoms with Crippen LogP contribution < -0.4 is 15.5 Å². The summed E-state index contributed by atoms with van der Waals surface area (Å²) in [6.45, 7) is 0.804. The van der Waals surface area contributed by atoms with Crippen molar-refractivity contribution in [2.75, 3.05) is 23.3 Å². The number of imide groups is 1. The largest absolute Gasteiger partial charge is 0.325 e. The number of benzene rings is 2. The number of rotatable bonds is 3. The van der Waals surface area contributed by atoms with Crippen LogP contribution in [0.4, 0.5) is 16.2 Å². The minimum Gasteiger partial charge on any atom is -0.323 e. The number of hydrogen-bond donors (Lipinski definition) is 2. The van der Waals surface area contributed by atoms with Gasteiger partial charge in [-0.25, -0.2) is 4.79 Å². The van der Waals surface area contributed by atoms with Crippen molar-refractivity contribution in [3.8, 4) is 6.07 Å². The first-order chi connectivity index (χ1) is 14.3. The molecule has 0 aliphatic carbocycles. The van der Waals surface area contributed by atoms with Crippen molar-refractivity contribution in [2.24, 2.45) is 0 Å². The molecule has 5 amide bonds. The molecule has 1 saturated heterocycles. The fraction of sp³-hybridized carbons (Fsp3) is 0.190. The van der Waals surface area contributed by atoms with Crippen molar-refractivity contribution in [3.05, 3.63) is 59.7 Å². The van der Waals surface area contributed by atoms with Gasteiger partial charge in [-0.2, -0.15) is 5.26 Å². The van der Waals surface area contributed by atoms with Gasteiger partial charge in [-0.1, -0.05) is 24.3 Å². The summed E-state index contributed by atoms with van der Waals surface area (Å²) in [5, 5.41) is 14.4. The van der Waals surface area contributed by atoms with E-state index in [2.05, 4.69) is 10.6 Å². The van der Waals surface area contributed by atoms with Gasteiger partial charge in [-0.05, 0) is 36.8 Å². The summed E-state index contributed by atoms with van der Waals surface area (Å²) < 4.78 is 0. The predicted octanol–water partition coefficient (Wildman–Crippen LogP) is 1.31. The molecule has 9 heteroatoms. The lowest BCUT2D eigenvalue weighted by Gasteiger charge is -2.30. The summed E-state index contributed by atoms with van der Waals surface area (Å²) in [5.41, 5.74) is 0.372. The van der Waals surface area contributed by atoms with Gasteiger partial charge in [0.15, 0.2) is 0 Å². The molecule has 2 aliphatic heterocycles. The second-order valence-electron chi connectivity index (χ2n) is 7.18. The molecule has 1 fully saturated rings. The van der Waals surface area contributed by atoms with Crippen LogP contribution in [0.25, 0.3) is 0 Å². The molecule has 1 atom stereocenters. The first kappa shape index (κ1) is 19.1. The van der Waals surface area contributed by atoms with E-state index < -0.39 is 29.9 Å². The van der Waals surface area contributed by atoms with Crippen LogP contribution in [-0.2, 0) is 19.9 Å². The Hall–Kier alpha value is -4.19. The number of anilines is 2. The predicted molar refractivity (Wildman–Crippen MR) is 106 cm³/mol. The highest BCUT2D eigenvalue weighted by Crippen LogP contribution is 2.31. The van der Waals surface area contributed by atoms with Crippen molar-refractivity contribution >= 4 is 35.1 Å². The van der Waals surface area contributed by atoms with Gasteiger partial charge in [0.2, 0.25) is 11.8 Å². The normalized spacial score (nSPS) is 20.3. The molecule has 4 rings (SSSR count). The molecule has 0 aromatic heterocycles. The van der Waals surface area contributed by atoms with Crippen molar-refractivity contribution in [3.63, 3.8) is 0 Å². The molecule has 2 aromatic carbocycles. The van der Waals surface area contributed by atoms with Gasteiger partial charge in [0.1, 0.15) is 18.6 Å². The lowest BCUT2D eigenvalue weighted by molar-refractivity contribution is -0.134. The third-order valence-electron chi connectivity index (χ3n) is 5.21. The number of hydrogen-bond acceptors (Lipinski definition) is 5. The number of para-hydroxylation sites is 2. The molecule has 2 aliphatic rings. The molecule has 2 N–H and O–H groups in total. The zero-order valence-electron chi connectivity index (χ0n) is 16.0. The van der Waals surface area contributed by atoms with E-state index in [-0.39, 0.29) is 12.5 Å². The first-order valence-corrected chi connectivity index (χ1v) is 9.17. The second kappa shape index (κ2) is 7.00. The van der Waals surface area contributed by atoms with E-state index >= 15 is 0 Å². The van der Waals surface area contributed by atoms with E-state index in [0.717, 1.165) is 4.90 Å². The van der Waals surface area contributed by atoms with E-state index in [0.29, 0.717) is 22.5 Å². The Bertz CT molecular complexity index is 1140. The van der Waals surface area contributed by atoms with Crippen LogP contribution in [0.15, 0.2) is 48.5 Å². The maximum Gasteiger partial charge on any atom is 0.325 e. The highest BCUT2D eigenvalue weighted by Gasteiger charge is 2.50. The standard InChI is InChI=1S/C21H17N5O4/c1-21(14-6-4-5-13(9-14)10-22)19(29)26(20(30)24-21)12-18(28)25-11-17(27)23-15-7-2-3-8-16(15)25/h2-9H,11-12H2,1H3,(H,23,27)(H,24,30). The Kier molecular flexibility index (Phi) is 4.47. The Morgan fingerprint density at radius 3 is 2.70 bits per heavy atom. The van der Waals surface area contributed by atoms with Crippen molar-refractivity contribution in [1.29, 1.82) is 5.26 Å². The summed E-state index contributed by atoms with van der Waals surface area (Å²) in [6, 6.07) is 14.4. The van der Waals surface area contributed by atoms with Crippen LogP contribution in [0.5, 0.6) is 0 Å². The summed E-state index contributed by atoms with van der Waals surface area (Å²) in [4.78, 5) is 52.6. The number of amides is 5. The first-order valence-electron chi connectivity index (χ1n) is 9.17. The van der Waals surface area contributed by atoms with Crippen LogP contribution in [0.3, 0.4) is 0 Å². The lowest BCUT2D eigenvalue weighted by Crippen LogP contribution is -2.48. The molecule has 0 radical (unpaired) electrons. The number of urea groups is 1. The van der Waals surface area contributed by atoms with E-state index in [9.17, 15) is 19.2 Å². The van der Waals surface area contributed by atoms with Crippen LogP contribution in [0, 0.1) is 11.3 Å². The molecule has 0 spiro atoms. The molecule has 0 saturated carbocycles. The van der Waals surface area contributed by atoms with E-state index in [1.807, 2.05) is 6.07 Å². The van der Waals surface area contributed by atoms with Crippen molar-refractivity contribution in [2.45, 2.75) is 12.5 Å². The van der Waals surface area contributed by atoms with Crippen LogP contribution in [-0.4, -0.2) is 41.7 Å². The number of nitrogens with zero attached hydrogens (tertiary/aromatic N) is 3. The Morgan fingerprint density at radius 2 is 1.93 bits per heavy atom. The molecule has 1 unspecified atom stereocenters.